The number of amides is 1. The van der Waals surface area contributed by atoms with Crippen LogP contribution in [0.15, 0.2) is 12.1 Å². The second kappa shape index (κ2) is 7.31. The minimum Gasteiger partial charge on any atom is -0.495 e. The van der Waals surface area contributed by atoms with Crippen molar-refractivity contribution in [3.8, 4) is 11.5 Å². The van der Waals surface area contributed by atoms with Gasteiger partial charge in [-0.3, -0.25) is 4.79 Å². The topological polar surface area (TPSA) is 63.7 Å². The van der Waals surface area contributed by atoms with Crippen molar-refractivity contribution in [2.45, 2.75) is 39.7 Å². The number of ether oxygens (including phenoxy) is 2. The van der Waals surface area contributed by atoms with Gasteiger partial charge in [0.2, 0.25) is 5.91 Å². The first kappa shape index (κ1) is 18.8. The first-order valence-electron chi connectivity index (χ1n) is 8.91. The van der Waals surface area contributed by atoms with E-state index in [1.165, 1.54) is 0 Å². The summed E-state index contributed by atoms with van der Waals surface area (Å²) >= 11 is 1.61. The van der Waals surface area contributed by atoms with Crippen molar-refractivity contribution in [1.29, 1.82) is 0 Å². The van der Waals surface area contributed by atoms with Crippen molar-refractivity contribution in [3.63, 3.8) is 0 Å². The lowest BCUT2D eigenvalue weighted by Gasteiger charge is -2.34. The number of fused-ring (bicyclic) bond motifs is 1. The van der Waals surface area contributed by atoms with Crippen LogP contribution in [0.1, 0.15) is 33.6 Å². The number of nitrogens with zero attached hydrogens (tertiary/aromatic N) is 2. The summed E-state index contributed by atoms with van der Waals surface area (Å²) in [5.74, 6) is 1.65. The molecule has 7 heteroatoms. The third kappa shape index (κ3) is 3.72. The zero-order valence-electron chi connectivity index (χ0n) is 16.1. The Morgan fingerprint density at radius 1 is 1.27 bits per heavy atom. The third-order valence-electron chi connectivity index (χ3n) is 4.61. The average Bonchev–Trinajstić information content (AvgIpc) is 3.05. The van der Waals surface area contributed by atoms with Gasteiger partial charge in [-0.1, -0.05) is 32.1 Å². The fourth-order valence-corrected chi connectivity index (χ4v) is 4.19. The van der Waals surface area contributed by atoms with Crippen LogP contribution in [-0.4, -0.2) is 44.2 Å². The normalized spacial score (nSPS) is 18.0. The Balaban J connectivity index is 1.83. The summed E-state index contributed by atoms with van der Waals surface area (Å²) in [6.07, 6.45) is 2.02. The van der Waals surface area contributed by atoms with E-state index in [4.69, 9.17) is 14.5 Å². The smallest absolute Gasteiger partial charge is 0.225 e. The lowest BCUT2D eigenvalue weighted by molar-refractivity contribution is -0.129. The first-order valence-corrected chi connectivity index (χ1v) is 9.72. The van der Waals surface area contributed by atoms with Crippen LogP contribution in [0.4, 0.5) is 5.13 Å². The monoisotopic (exact) mass is 377 g/mol. The van der Waals surface area contributed by atoms with Crippen LogP contribution < -0.4 is 19.7 Å². The average molecular weight is 378 g/mol. The molecule has 1 aromatic heterocycles. The maximum Gasteiger partial charge on any atom is 0.225 e. The summed E-state index contributed by atoms with van der Waals surface area (Å²) in [5, 5.41) is 4.13. The SMILES string of the molecule is COc1ccc(OC)c2sc(N3CCCC(NC(=O)C(C)(C)C)C3)nc12. The lowest BCUT2D eigenvalue weighted by Crippen LogP contribution is -2.50. The van der Waals surface area contributed by atoms with Crippen molar-refractivity contribution in [2.24, 2.45) is 5.41 Å². The molecule has 142 valence electrons. The van der Waals surface area contributed by atoms with Crippen molar-refractivity contribution in [2.75, 3.05) is 32.2 Å². The zero-order chi connectivity index (χ0) is 18.9. The predicted octanol–water partition coefficient (Wildman–Crippen LogP) is 3.44. The van der Waals surface area contributed by atoms with Gasteiger partial charge in [-0.15, -0.1) is 0 Å². The molecule has 2 aromatic rings. The fraction of sp³-hybridized carbons (Fsp3) is 0.579. The Kier molecular flexibility index (Phi) is 5.27. The van der Waals surface area contributed by atoms with Gasteiger partial charge in [0.15, 0.2) is 5.13 Å². The van der Waals surface area contributed by atoms with Crippen LogP contribution in [0.2, 0.25) is 0 Å². The van der Waals surface area contributed by atoms with E-state index in [-0.39, 0.29) is 17.4 Å². The van der Waals surface area contributed by atoms with Crippen molar-refractivity contribution >= 4 is 32.6 Å². The Hall–Kier alpha value is -2.02. The minimum atomic E-state index is -0.376. The van der Waals surface area contributed by atoms with Gasteiger partial charge in [-0.2, -0.15) is 0 Å². The van der Waals surface area contributed by atoms with Gasteiger partial charge in [-0.05, 0) is 25.0 Å². The standard InChI is InChI=1S/C19H27N3O3S/c1-19(2,3)17(23)20-12-7-6-10-22(11-12)18-21-15-13(24-4)8-9-14(25-5)16(15)26-18/h8-9,12H,6-7,10-11H2,1-5H3,(H,20,23). The molecule has 1 unspecified atom stereocenters. The molecule has 1 aliphatic rings. The van der Waals surface area contributed by atoms with Crippen LogP contribution >= 0.6 is 11.3 Å². The molecule has 1 aromatic carbocycles. The molecule has 0 spiro atoms. The van der Waals surface area contributed by atoms with Gasteiger partial charge in [0, 0.05) is 24.5 Å². The molecule has 0 bridgehead atoms. The number of piperidine rings is 1. The zero-order valence-corrected chi connectivity index (χ0v) is 16.9. The summed E-state index contributed by atoms with van der Waals surface area (Å²) < 4.78 is 11.9. The number of benzene rings is 1. The van der Waals surface area contributed by atoms with E-state index < -0.39 is 0 Å². The number of hydrogen-bond donors (Lipinski definition) is 1. The molecule has 0 saturated carbocycles. The summed E-state index contributed by atoms with van der Waals surface area (Å²) in [6.45, 7) is 7.53. The quantitative estimate of drug-likeness (QED) is 0.884. The number of nitrogens with one attached hydrogen (secondary N) is 1. The highest BCUT2D eigenvalue weighted by molar-refractivity contribution is 7.22. The molecule has 1 saturated heterocycles. The number of carbonyl (C=O) groups excluding carboxylic acids is 1. The van der Waals surface area contributed by atoms with E-state index in [1.54, 1.807) is 25.6 Å². The number of aromatic nitrogens is 1. The highest BCUT2D eigenvalue weighted by Crippen LogP contribution is 2.40. The van der Waals surface area contributed by atoms with Crippen LogP contribution in [-0.2, 0) is 4.79 Å². The number of methoxy groups -OCH3 is 2. The van der Waals surface area contributed by atoms with Crippen LogP contribution in [0.5, 0.6) is 11.5 Å². The van der Waals surface area contributed by atoms with Gasteiger partial charge < -0.3 is 19.7 Å². The number of hydrogen-bond acceptors (Lipinski definition) is 6. The minimum absolute atomic E-state index is 0.0944. The lowest BCUT2D eigenvalue weighted by atomic mass is 9.94. The highest BCUT2D eigenvalue weighted by Gasteiger charge is 2.28. The maximum absolute atomic E-state index is 12.3. The van der Waals surface area contributed by atoms with Gasteiger partial charge in [0.05, 0.1) is 14.2 Å². The predicted molar refractivity (Wildman–Crippen MR) is 106 cm³/mol. The number of rotatable bonds is 4. The van der Waals surface area contributed by atoms with Gasteiger partial charge in [0.25, 0.3) is 0 Å². The molecule has 1 atom stereocenters. The molecule has 3 rings (SSSR count). The number of anilines is 1. The van der Waals surface area contributed by atoms with E-state index in [0.717, 1.165) is 52.8 Å². The van der Waals surface area contributed by atoms with E-state index in [0.29, 0.717) is 0 Å². The van der Waals surface area contributed by atoms with Crippen LogP contribution in [0, 0.1) is 5.41 Å². The number of thiazole rings is 1. The molecule has 6 nitrogen and oxygen atoms in total. The van der Waals surface area contributed by atoms with E-state index >= 15 is 0 Å². The Morgan fingerprint density at radius 3 is 2.62 bits per heavy atom. The molecule has 1 N–H and O–H groups in total. The second-order valence-electron chi connectivity index (χ2n) is 7.65. The van der Waals surface area contributed by atoms with Crippen molar-refractivity contribution < 1.29 is 14.3 Å². The highest BCUT2D eigenvalue weighted by atomic mass is 32.1. The van der Waals surface area contributed by atoms with Gasteiger partial charge >= 0.3 is 0 Å². The Morgan fingerprint density at radius 2 is 1.96 bits per heavy atom. The van der Waals surface area contributed by atoms with Crippen molar-refractivity contribution in [1.82, 2.24) is 10.3 Å². The second-order valence-corrected chi connectivity index (χ2v) is 8.63. The van der Waals surface area contributed by atoms with Crippen LogP contribution in [0.25, 0.3) is 10.2 Å². The molecule has 1 amide bonds. The summed E-state index contributed by atoms with van der Waals surface area (Å²) in [6, 6.07) is 3.94. The molecular weight excluding hydrogens is 350 g/mol. The molecular formula is C19H27N3O3S. The third-order valence-corrected chi connectivity index (χ3v) is 5.74. The molecule has 1 fully saturated rings. The first-order chi connectivity index (χ1) is 12.3. The largest absolute Gasteiger partial charge is 0.495 e. The molecule has 0 radical (unpaired) electrons. The summed E-state index contributed by atoms with van der Waals surface area (Å²) in [4.78, 5) is 19.4. The molecule has 1 aliphatic heterocycles. The summed E-state index contributed by atoms with van der Waals surface area (Å²) in [7, 11) is 3.32. The van der Waals surface area contributed by atoms with E-state index in [2.05, 4.69) is 10.2 Å². The summed E-state index contributed by atoms with van der Waals surface area (Å²) in [5.41, 5.74) is 0.450. The van der Waals surface area contributed by atoms with E-state index in [9.17, 15) is 4.79 Å². The van der Waals surface area contributed by atoms with Crippen LogP contribution in [0.3, 0.4) is 0 Å². The fourth-order valence-electron chi connectivity index (χ4n) is 3.08. The number of carbonyl (C=O) groups is 1. The Labute approximate surface area is 158 Å². The van der Waals surface area contributed by atoms with Gasteiger partial charge in [0.1, 0.15) is 21.7 Å². The van der Waals surface area contributed by atoms with Crippen molar-refractivity contribution in [3.05, 3.63) is 12.1 Å². The van der Waals surface area contributed by atoms with Gasteiger partial charge in [-0.25, -0.2) is 4.98 Å². The molecule has 2 heterocycles. The molecule has 0 aliphatic carbocycles. The maximum atomic E-state index is 12.3. The van der Waals surface area contributed by atoms with E-state index in [1.807, 2.05) is 32.9 Å². The molecule has 26 heavy (non-hydrogen) atoms. The Bertz CT molecular complexity index is 756.